The monoisotopic (exact) mass is 198 g/mol. The molecule has 2 N–H and O–H groups in total. The topological polar surface area (TPSA) is 58.9 Å². The number of methoxy groups -OCH3 is 1. The van der Waals surface area contributed by atoms with Crippen molar-refractivity contribution < 1.29 is 19.7 Å². The van der Waals surface area contributed by atoms with Crippen molar-refractivity contribution in [1.82, 2.24) is 0 Å². The minimum Gasteiger partial charge on any atom is -0.504 e. The first kappa shape index (κ1) is 10.7. The van der Waals surface area contributed by atoms with Gasteiger partial charge in [0.2, 0.25) is 5.75 Å². The molecule has 0 aliphatic carbocycles. The summed E-state index contributed by atoms with van der Waals surface area (Å²) in [4.78, 5) is 0. The van der Waals surface area contributed by atoms with Gasteiger partial charge in [0.15, 0.2) is 11.5 Å². The van der Waals surface area contributed by atoms with Crippen molar-refractivity contribution in [2.75, 3.05) is 13.7 Å². The minimum atomic E-state index is -0.235. The summed E-state index contributed by atoms with van der Waals surface area (Å²) >= 11 is 0. The van der Waals surface area contributed by atoms with Gasteiger partial charge in [-0.05, 0) is 19.1 Å². The maximum absolute atomic E-state index is 9.51. The molecule has 14 heavy (non-hydrogen) atoms. The number of rotatable bonds is 4. The third kappa shape index (κ3) is 2.09. The van der Waals surface area contributed by atoms with Crippen LogP contribution in [0.3, 0.4) is 0 Å². The Balaban J connectivity index is 3.08. The molecule has 0 aromatic heterocycles. The fraction of sp³-hybridized carbons (Fsp3) is 0.400. The van der Waals surface area contributed by atoms with E-state index in [1.807, 2.05) is 0 Å². The highest BCUT2D eigenvalue weighted by Gasteiger charge is 2.12. The summed E-state index contributed by atoms with van der Waals surface area (Å²) in [5.74, 6) is -0.135. The fourth-order valence-corrected chi connectivity index (χ4v) is 1.18. The van der Waals surface area contributed by atoms with E-state index in [1.54, 1.807) is 20.1 Å². The predicted octanol–water partition coefficient (Wildman–Crippen LogP) is 1.64. The van der Waals surface area contributed by atoms with Crippen LogP contribution in [0.15, 0.2) is 12.1 Å². The second kappa shape index (κ2) is 4.72. The summed E-state index contributed by atoms with van der Waals surface area (Å²) in [5, 5.41) is 18.8. The van der Waals surface area contributed by atoms with Gasteiger partial charge in [0.05, 0.1) is 13.2 Å². The number of phenols is 2. The molecule has 0 unspecified atom stereocenters. The fourth-order valence-electron chi connectivity index (χ4n) is 1.18. The van der Waals surface area contributed by atoms with Crippen LogP contribution in [0, 0.1) is 0 Å². The van der Waals surface area contributed by atoms with E-state index >= 15 is 0 Å². The maximum atomic E-state index is 9.51. The summed E-state index contributed by atoms with van der Waals surface area (Å²) in [6, 6.07) is 3.07. The van der Waals surface area contributed by atoms with Gasteiger partial charge >= 0.3 is 0 Å². The third-order valence-corrected chi connectivity index (χ3v) is 1.78. The molecule has 4 heteroatoms. The van der Waals surface area contributed by atoms with Gasteiger partial charge in [-0.25, -0.2) is 0 Å². The highest BCUT2D eigenvalue weighted by atomic mass is 16.5. The van der Waals surface area contributed by atoms with Gasteiger partial charge in [-0.1, -0.05) is 0 Å². The molecule has 1 aromatic carbocycles. The summed E-state index contributed by atoms with van der Waals surface area (Å²) < 4.78 is 10.1. The van der Waals surface area contributed by atoms with E-state index in [9.17, 15) is 10.2 Å². The number of aromatic hydroxyl groups is 2. The lowest BCUT2D eigenvalue weighted by Gasteiger charge is -2.11. The highest BCUT2D eigenvalue weighted by Crippen LogP contribution is 2.38. The Morgan fingerprint density at radius 2 is 2.00 bits per heavy atom. The Labute approximate surface area is 82.7 Å². The van der Waals surface area contributed by atoms with Crippen LogP contribution in [0.4, 0.5) is 0 Å². The Morgan fingerprint density at radius 1 is 1.29 bits per heavy atom. The Bertz CT molecular complexity index is 309. The summed E-state index contributed by atoms with van der Waals surface area (Å²) in [6.45, 7) is 2.57. The van der Waals surface area contributed by atoms with Crippen molar-refractivity contribution in [2.45, 2.75) is 13.5 Å². The Kier molecular flexibility index (Phi) is 3.59. The van der Waals surface area contributed by atoms with Gasteiger partial charge < -0.3 is 19.7 Å². The van der Waals surface area contributed by atoms with Crippen LogP contribution >= 0.6 is 0 Å². The van der Waals surface area contributed by atoms with Gasteiger partial charge in [-0.15, -0.1) is 0 Å². The van der Waals surface area contributed by atoms with Gasteiger partial charge in [0, 0.05) is 12.7 Å². The summed E-state index contributed by atoms with van der Waals surface area (Å²) in [6.07, 6.45) is 0. The number of phenolic OH excluding ortho intramolecular Hbond substituents is 2. The van der Waals surface area contributed by atoms with Crippen molar-refractivity contribution in [3.63, 3.8) is 0 Å². The van der Waals surface area contributed by atoms with E-state index in [0.717, 1.165) is 0 Å². The predicted molar refractivity (Wildman–Crippen MR) is 51.7 cm³/mol. The van der Waals surface area contributed by atoms with Gasteiger partial charge in [0.25, 0.3) is 0 Å². The van der Waals surface area contributed by atoms with Crippen LogP contribution < -0.4 is 4.74 Å². The molecule has 0 saturated carbocycles. The SMILES string of the molecule is CCOc1c(COC)ccc(O)c1O. The Hall–Kier alpha value is -1.42. The molecule has 0 heterocycles. The molecule has 1 rings (SSSR count). The van der Waals surface area contributed by atoms with E-state index in [0.29, 0.717) is 18.8 Å². The quantitative estimate of drug-likeness (QED) is 0.722. The first-order valence-electron chi connectivity index (χ1n) is 4.36. The molecule has 78 valence electrons. The van der Waals surface area contributed by atoms with Crippen molar-refractivity contribution >= 4 is 0 Å². The lowest BCUT2D eigenvalue weighted by Crippen LogP contribution is -1.98. The largest absolute Gasteiger partial charge is 0.504 e. The van der Waals surface area contributed by atoms with Crippen LogP contribution in [-0.2, 0) is 11.3 Å². The van der Waals surface area contributed by atoms with Crippen LogP contribution in [0.1, 0.15) is 12.5 Å². The van der Waals surface area contributed by atoms with E-state index in [-0.39, 0.29) is 17.2 Å². The lowest BCUT2D eigenvalue weighted by molar-refractivity contribution is 0.179. The van der Waals surface area contributed by atoms with Gasteiger partial charge in [-0.3, -0.25) is 0 Å². The van der Waals surface area contributed by atoms with Crippen LogP contribution in [0.2, 0.25) is 0 Å². The highest BCUT2D eigenvalue weighted by molar-refractivity contribution is 5.53. The van der Waals surface area contributed by atoms with Gasteiger partial charge in [-0.2, -0.15) is 0 Å². The molecule has 4 nitrogen and oxygen atoms in total. The lowest BCUT2D eigenvalue weighted by atomic mass is 10.2. The molecular weight excluding hydrogens is 184 g/mol. The molecule has 1 aromatic rings. The molecule has 0 aliphatic heterocycles. The van der Waals surface area contributed by atoms with Crippen molar-refractivity contribution in [1.29, 1.82) is 0 Å². The van der Waals surface area contributed by atoms with Crippen molar-refractivity contribution in [3.8, 4) is 17.2 Å². The first-order valence-corrected chi connectivity index (χ1v) is 4.36. The second-order valence-electron chi connectivity index (χ2n) is 2.79. The number of hydrogen-bond donors (Lipinski definition) is 2. The van der Waals surface area contributed by atoms with Crippen molar-refractivity contribution in [2.24, 2.45) is 0 Å². The van der Waals surface area contributed by atoms with Crippen LogP contribution in [0.5, 0.6) is 17.2 Å². The van der Waals surface area contributed by atoms with Crippen LogP contribution in [-0.4, -0.2) is 23.9 Å². The molecule has 0 bridgehead atoms. The molecule has 0 saturated heterocycles. The van der Waals surface area contributed by atoms with Crippen molar-refractivity contribution in [3.05, 3.63) is 17.7 Å². The Morgan fingerprint density at radius 3 is 2.57 bits per heavy atom. The van der Waals surface area contributed by atoms with E-state index in [2.05, 4.69) is 0 Å². The molecule has 0 spiro atoms. The molecular formula is C10H14O4. The average Bonchev–Trinajstić information content (AvgIpc) is 2.18. The standard InChI is InChI=1S/C10H14O4/c1-3-14-10-7(6-13-2)4-5-8(11)9(10)12/h4-5,11-12H,3,6H2,1-2H3. The van der Waals surface area contributed by atoms with Crippen LogP contribution in [0.25, 0.3) is 0 Å². The van der Waals surface area contributed by atoms with Gasteiger partial charge in [0.1, 0.15) is 0 Å². The second-order valence-corrected chi connectivity index (χ2v) is 2.79. The molecule has 0 radical (unpaired) electrons. The molecule has 0 aliphatic rings. The number of benzene rings is 1. The zero-order valence-corrected chi connectivity index (χ0v) is 8.28. The van der Waals surface area contributed by atoms with E-state index in [1.165, 1.54) is 6.07 Å². The number of hydrogen-bond acceptors (Lipinski definition) is 4. The van der Waals surface area contributed by atoms with E-state index < -0.39 is 0 Å². The zero-order chi connectivity index (χ0) is 10.6. The maximum Gasteiger partial charge on any atom is 0.200 e. The molecule has 0 fully saturated rings. The first-order chi connectivity index (χ1) is 6.70. The van der Waals surface area contributed by atoms with E-state index in [4.69, 9.17) is 9.47 Å². The third-order valence-electron chi connectivity index (χ3n) is 1.78. The summed E-state index contributed by atoms with van der Waals surface area (Å²) in [5.41, 5.74) is 0.713. The zero-order valence-electron chi connectivity index (χ0n) is 8.28. The number of ether oxygens (including phenoxy) is 2. The smallest absolute Gasteiger partial charge is 0.200 e. The minimum absolute atomic E-state index is 0.187. The summed E-state index contributed by atoms with van der Waals surface area (Å²) in [7, 11) is 1.56. The average molecular weight is 198 g/mol. The normalized spacial score (nSPS) is 10.1. The molecule has 0 amide bonds. The molecule has 0 atom stereocenters.